The number of aliphatic hydroxyl groups excluding tert-OH is 1. The highest BCUT2D eigenvalue weighted by Crippen LogP contribution is 2.45. The van der Waals surface area contributed by atoms with Gasteiger partial charge in [0.2, 0.25) is 0 Å². The van der Waals surface area contributed by atoms with Gasteiger partial charge < -0.3 is 33.8 Å². The van der Waals surface area contributed by atoms with E-state index in [-0.39, 0.29) is 25.7 Å². The summed E-state index contributed by atoms with van der Waals surface area (Å²) in [6, 6.07) is 0. The maximum atomic E-state index is 13.0. The number of esters is 4. The third-order valence-electron chi connectivity index (χ3n) is 15.0. The summed E-state index contributed by atoms with van der Waals surface area (Å²) in [5, 5.41) is 10.5. The predicted octanol–water partition coefficient (Wildman–Crippen LogP) is 18.2. The van der Waals surface area contributed by atoms with Crippen molar-refractivity contribution in [3.8, 4) is 0 Å². The first kappa shape index (κ1) is 82.1. The molecule has 84 heavy (non-hydrogen) atoms. The molecule has 17 nitrogen and oxygen atoms in total. The van der Waals surface area contributed by atoms with Crippen molar-refractivity contribution in [2.24, 2.45) is 5.92 Å². The minimum atomic E-state index is -4.94. The second-order valence-corrected chi connectivity index (χ2v) is 26.9. The second-order valence-electron chi connectivity index (χ2n) is 24.0. The van der Waals surface area contributed by atoms with Crippen molar-refractivity contribution >= 4 is 39.5 Å². The van der Waals surface area contributed by atoms with Crippen LogP contribution in [0, 0.1) is 5.92 Å². The second kappa shape index (κ2) is 58.7. The van der Waals surface area contributed by atoms with Crippen LogP contribution in [0.1, 0.15) is 330 Å². The number of hydrogen-bond acceptors (Lipinski definition) is 15. The zero-order chi connectivity index (χ0) is 62.0. The van der Waals surface area contributed by atoms with Crippen LogP contribution < -0.4 is 0 Å². The van der Waals surface area contributed by atoms with E-state index in [0.717, 1.165) is 109 Å². The van der Waals surface area contributed by atoms with Crippen LogP contribution in [-0.2, 0) is 65.4 Å². The first-order valence-electron chi connectivity index (χ1n) is 34.1. The fraction of sp³-hybridized carbons (Fsp3) is 0.938. The van der Waals surface area contributed by atoms with Crippen LogP contribution in [0.25, 0.3) is 0 Å². The van der Waals surface area contributed by atoms with Gasteiger partial charge in [0.15, 0.2) is 12.2 Å². The van der Waals surface area contributed by atoms with Crippen LogP contribution in [0.3, 0.4) is 0 Å². The van der Waals surface area contributed by atoms with E-state index in [0.29, 0.717) is 25.7 Å². The maximum Gasteiger partial charge on any atom is 0.472 e. The molecule has 2 unspecified atom stereocenters. The quantitative estimate of drug-likeness (QED) is 0.0222. The van der Waals surface area contributed by atoms with Gasteiger partial charge in [-0.3, -0.25) is 37.3 Å². The summed E-state index contributed by atoms with van der Waals surface area (Å²) < 4.78 is 67.7. The van der Waals surface area contributed by atoms with Gasteiger partial charge in [-0.25, -0.2) is 9.13 Å². The molecule has 0 amide bonds. The molecule has 0 aliphatic heterocycles. The normalized spacial score (nSPS) is 14.2. The molecule has 0 aliphatic carbocycles. The Kier molecular flexibility index (Phi) is 57.4. The summed E-state index contributed by atoms with van der Waals surface area (Å²) in [5.74, 6) is -1.33. The number of ether oxygens (including phenoxy) is 4. The van der Waals surface area contributed by atoms with E-state index in [2.05, 4.69) is 34.6 Å². The molecule has 0 aromatic heterocycles. The fourth-order valence-electron chi connectivity index (χ4n) is 9.76. The van der Waals surface area contributed by atoms with Crippen LogP contribution in [-0.4, -0.2) is 96.7 Å². The largest absolute Gasteiger partial charge is 0.472 e. The number of carbonyl (C=O) groups excluding carboxylic acids is 4. The lowest BCUT2D eigenvalue weighted by Gasteiger charge is -2.21. The van der Waals surface area contributed by atoms with Crippen LogP contribution in [0.15, 0.2) is 0 Å². The Morgan fingerprint density at radius 2 is 0.548 bits per heavy atom. The van der Waals surface area contributed by atoms with Gasteiger partial charge in [0.25, 0.3) is 0 Å². The summed E-state index contributed by atoms with van der Waals surface area (Å²) in [4.78, 5) is 71.8. The summed E-state index contributed by atoms with van der Waals surface area (Å²) in [6.45, 7) is 7.11. The van der Waals surface area contributed by atoms with Gasteiger partial charge in [-0.15, -0.1) is 0 Å². The van der Waals surface area contributed by atoms with E-state index in [4.69, 9.17) is 37.0 Å². The van der Waals surface area contributed by atoms with Crippen molar-refractivity contribution in [3.63, 3.8) is 0 Å². The van der Waals surface area contributed by atoms with Crippen LogP contribution >= 0.6 is 15.6 Å². The molecule has 19 heteroatoms. The molecule has 5 atom stereocenters. The Labute approximate surface area is 511 Å². The number of aliphatic hydroxyl groups is 1. The molecule has 0 radical (unpaired) electrons. The molecule has 0 rings (SSSR count). The molecule has 0 saturated carbocycles. The zero-order valence-corrected chi connectivity index (χ0v) is 55.8. The minimum absolute atomic E-state index is 0.104. The highest BCUT2D eigenvalue weighted by molar-refractivity contribution is 7.47. The summed E-state index contributed by atoms with van der Waals surface area (Å²) in [6.07, 6.45) is 43.6. The molecule has 0 aromatic carbocycles. The van der Waals surface area contributed by atoms with Crippen LogP contribution in [0.5, 0.6) is 0 Å². The molecule has 0 fully saturated rings. The predicted molar refractivity (Wildman–Crippen MR) is 335 cm³/mol. The van der Waals surface area contributed by atoms with Gasteiger partial charge in [-0.05, 0) is 31.6 Å². The lowest BCUT2D eigenvalue weighted by Crippen LogP contribution is -2.30. The number of hydrogen-bond donors (Lipinski definition) is 3. The number of rotatable bonds is 65. The Morgan fingerprint density at radius 1 is 0.321 bits per heavy atom. The van der Waals surface area contributed by atoms with Gasteiger partial charge >= 0.3 is 39.5 Å². The van der Waals surface area contributed by atoms with Crippen molar-refractivity contribution in [2.45, 2.75) is 348 Å². The highest BCUT2D eigenvalue weighted by atomic mass is 31.2. The van der Waals surface area contributed by atoms with Crippen LogP contribution in [0.4, 0.5) is 0 Å². The molecule has 0 bridgehead atoms. The van der Waals surface area contributed by atoms with E-state index >= 15 is 0 Å². The molecule has 498 valence electrons. The molecule has 0 aromatic rings. The fourth-order valence-corrected chi connectivity index (χ4v) is 11.3. The molecule has 0 heterocycles. The smallest absolute Gasteiger partial charge is 0.462 e. The van der Waals surface area contributed by atoms with Crippen molar-refractivity contribution in [3.05, 3.63) is 0 Å². The number of unbranched alkanes of at least 4 members (excludes halogenated alkanes) is 37. The van der Waals surface area contributed by atoms with E-state index in [1.54, 1.807) is 0 Å². The Morgan fingerprint density at radius 3 is 0.810 bits per heavy atom. The number of carbonyl (C=O) groups is 4. The molecule has 0 saturated heterocycles. The summed E-state index contributed by atoms with van der Waals surface area (Å²) >= 11 is 0. The van der Waals surface area contributed by atoms with Gasteiger partial charge in [0.1, 0.15) is 19.3 Å². The van der Waals surface area contributed by atoms with E-state index < -0.39 is 97.5 Å². The first-order chi connectivity index (χ1) is 40.5. The standard InChI is InChI=1S/C65H126O17P2/c1-6-9-12-15-17-19-31-35-39-44-49-63(68)76-55-61(82-65(70)51-46-41-36-32-29-27-25-23-21-20-22-24-26-28-30-33-38-42-47-58(4)5)57-80-84(73,74)78-53-59(66)52-77-83(71,72)79-56-60(54-75-62(67)48-43-37-14-11-8-3)81-64(69)50-45-40-34-18-16-13-10-7-2/h58-61,66H,6-57H2,1-5H3,(H,71,72)(H,73,74)/t59-,60+,61+/m0/s1. The molecule has 3 N–H and O–H groups in total. The van der Waals surface area contributed by atoms with Crippen molar-refractivity contribution < 1.29 is 80.2 Å². The highest BCUT2D eigenvalue weighted by Gasteiger charge is 2.30. The monoisotopic (exact) mass is 1240 g/mol. The summed E-state index contributed by atoms with van der Waals surface area (Å²) in [7, 11) is -9.87. The van der Waals surface area contributed by atoms with Crippen molar-refractivity contribution in [2.75, 3.05) is 39.6 Å². The van der Waals surface area contributed by atoms with Crippen molar-refractivity contribution in [1.29, 1.82) is 0 Å². The number of phosphoric acid groups is 2. The lowest BCUT2D eigenvalue weighted by atomic mass is 10.0. The minimum Gasteiger partial charge on any atom is -0.462 e. The molecule has 0 spiro atoms. The SMILES string of the molecule is CCCCCCCCCCCCC(=O)OC[C@H](COP(=O)(O)OC[C@@H](O)COP(=O)(O)OC[C@@H](COC(=O)CCCCCCC)OC(=O)CCCCCCCCCC)OC(=O)CCCCCCCCCCCCCCCCCCCCC(C)C. The molecular formula is C65H126O17P2. The van der Waals surface area contributed by atoms with Gasteiger partial charge in [0, 0.05) is 25.7 Å². The third-order valence-corrected chi connectivity index (χ3v) is 16.9. The maximum absolute atomic E-state index is 13.0. The molecule has 0 aliphatic rings. The Hall–Kier alpha value is -1.94. The lowest BCUT2D eigenvalue weighted by molar-refractivity contribution is -0.161. The topological polar surface area (TPSA) is 237 Å². The average molecular weight is 1240 g/mol. The summed E-state index contributed by atoms with van der Waals surface area (Å²) in [5.41, 5.74) is 0. The van der Waals surface area contributed by atoms with Gasteiger partial charge in [-0.1, -0.05) is 279 Å². The first-order valence-corrected chi connectivity index (χ1v) is 37.1. The zero-order valence-electron chi connectivity index (χ0n) is 54.0. The van der Waals surface area contributed by atoms with E-state index in [9.17, 15) is 43.2 Å². The Bertz CT molecular complexity index is 1640. The third kappa shape index (κ3) is 59.0. The van der Waals surface area contributed by atoms with E-state index in [1.165, 1.54) is 141 Å². The average Bonchev–Trinajstić information content (AvgIpc) is 3.66. The van der Waals surface area contributed by atoms with Crippen molar-refractivity contribution in [1.82, 2.24) is 0 Å². The molecular weight excluding hydrogens is 1110 g/mol. The number of phosphoric ester groups is 2. The Balaban J connectivity index is 5.05. The van der Waals surface area contributed by atoms with Gasteiger partial charge in [0.05, 0.1) is 26.4 Å². The van der Waals surface area contributed by atoms with Crippen LogP contribution in [0.2, 0.25) is 0 Å². The van der Waals surface area contributed by atoms with Gasteiger partial charge in [-0.2, -0.15) is 0 Å². The van der Waals surface area contributed by atoms with E-state index in [1.807, 2.05) is 0 Å².